The zero-order valence-electron chi connectivity index (χ0n) is 11.7. The van der Waals surface area contributed by atoms with Crippen molar-refractivity contribution < 1.29 is 9.18 Å². The van der Waals surface area contributed by atoms with Gasteiger partial charge in [0.15, 0.2) is 0 Å². The SMILES string of the molecule is O=C(Cc1ccccc1F)Nc1cccc(-c2cnc[nH]2)c1. The van der Waals surface area contributed by atoms with E-state index in [0.717, 1.165) is 11.3 Å². The molecule has 4 nitrogen and oxygen atoms in total. The number of nitrogens with one attached hydrogen (secondary N) is 2. The minimum absolute atomic E-state index is 0.000951. The molecule has 5 heteroatoms. The number of aromatic nitrogens is 2. The van der Waals surface area contributed by atoms with Crippen molar-refractivity contribution in [2.45, 2.75) is 6.42 Å². The molecule has 1 amide bonds. The largest absolute Gasteiger partial charge is 0.345 e. The van der Waals surface area contributed by atoms with Crippen LogP contribution in [-0.2, 0) is 11.2 Å². The molecule has 1 heterocycles. The Morgan fingerprint density at radius 2 is 2.05 bits per heavy atom. The van der Waals surface area contributed by atoms with Gasteiger partial charge in [-0.15, -0.1) is 0 Å². The van der Waals surface area contributed by atoms with E-state index >= 15 is 0 Å². The van der Waals surface area contributed by atoms with E-state index in [4.69, 9.17) is 0 Å². The van der Waals surface area contributed by atoms with Crippen LogP contribution in [-0.4, -0.2) is 15.9 Å². The van der Waals surface area contributed by atoms with E-state index in [2.05, 4.69) is 15.3 Å². The first kappa shape index (κ1) is 14.0. The minimum atomic E-state index is -0.371. The van der Waals surface area contributed by atoms with Crippen molar-refractivity contribution in [2.75, 3.05) is 5.32 Å². The molecule has 2 N–H and O–H groups in total. The number of carbonyl (C=O) groups is 1. The van der Waals surface area contributed by atoms with Gasteiger partial charge in [0, 0.05) is 11.3 Å². The third-order valence-corrected chi connectivity index (χ3v) is 3.26. The molecule has 0 radical (unpaired) electrons. The molecule has 0 unspecified atom stereocenters. The number of H-pyrrole nitrogens is 1. The molecule has 3 rings (SSSR count). The molecule has 0 aliphatic heterocycles. The molecule has 2 aromatic carbocycles. The Labute approximate surface area is 127 Å². The van der Waals surface area contributed by atoms with Crippen molar-refractivity contribution in [3.63, 3.8) is 0 Å². The van der Waals surface area contributed by atoms with Gasteiger partial charge in [0.2, 0.25) is 5.91 Å². The second-order valence-corrected chi connectivity index (χ2v) is 4.86. The van der Waals surface area contributed by atoms with Gasteiger partial charge in [-0.2, -0.15) is 0 Å². The third kappa shape index (κ3) is 3.20. The molecule has 0 spiro atoms. The molecule has 0 saturated carbocycles. The molecule has 0 aliphatic rings. The predicted octanol–water partition coefficient (Wildman–Crippen LogP) is 3.40. The number of aromatic amines is 1. The van der Waals surface area contributed by atoms with E-state index in [0.29, 0.717) is 11.3 Å². The van der Waals surface area contributed by atoms with Crippen LogP contribution in [0.3, 0.4) is 0 Å². The molecule has 1 aromatic heterocycles. The summed E-state index contributed by atoms with van der Waals surface area (Å²) < 4.78 is 13.5. The quantitative estimate of drug-likeness (QED) is 0.775. The number of carbonyl (C=O) groups excluding carboxylic acids is 1. The van der Waals surface area contributed by atoms with Gasteiger partial charge in [0.05, 0.1) is 24.6 Å². The number of benzene rings is 2. The summed E-state index contributed by atoms with van der Waals surface area (Å²) in [6, 6.07) is 13.7. The molecule has 0 aliphatic carbocycles. The molecule has 0 atom stereocenters. The topological polar surface area (TPSA) is 57.8 Å². The Bertz CT molecular complexity index is 784. The summed E-state index contributed by atoms with van der Waals surface area (Å²) in [6.45, 7) is 0. The number of halogens is 1. The first-order valence-electron chi connectivity index (χ1n) is 6.84. The van der Waals surface area contributed by atoms with Crippen molar-refractivity contribution in [1.29, 1.82) is 0 Å². The van der Waals surface area contributed by atoms with Gasteiger partial charge in [0.25, 0.3) is 0 Å². The molecular formula is C17H14FN3O. The van der Waals surface area contributed by atoms with E-state index in [1.807, 2.05) is 18.2 Å². The molecular weight excluding hydrogens is 281 g/mol. The summed E-state index contributed by atoms with van der Waals surface area (Å²) in [4.78, 5) is 19.0. The summed E-state index contributed by atoms with van der Waals surface area (Å²) >= 11 is 0. The third-order valence-electron chi connectivity index (χ3n) is 3.26. The van der Waals surface area contributed by atoms with Crippen LogP contribution >= 0.6 is 0 Å². The number of nitrogens with zero attached hydrogens (tertiary/aromatic N) is 1. The first-order chi connectivity index (χ1) is 10.7. The summed E-state index contributed by atoms with van der Waals surface area (Å²) in [5, 5.41) is 2.78. The second-order valence-electron chi connectivity index (χ2n) is 4.86. The van der Waals surface area contributed by atoms with Crippen LogP contribution in [0, 0.1) is 5.82 Å². The average molecular weight is 295 g/mol. The van der Waals surface area contributed by atoms with Crippen LogP contribution in [0.15, 0.2) is 61.1 Å². The maximum atomic E-state index is 13.5. The minimum Gasteiger partial charge on any atom is -0.345 e. The Kier molecular flexibility index (Phi) is 3.96. The number of imidazole rings is 1. The highest BCUT2D eigenvalue weighted by molar-refractivity contribution is 5.92. The van der Waals surface area contributed by atoms with Gasteiger partial charge in [-0.25, -0.2) is 9.37 Å². The Balaban J connectivity index is 1.72. The van der Waals surface area contributed by atoms with Gasteiger partial charge in [-0.05, 0) is 23.8 Å². The molecule has 0 bridgehead atoms. The normalized spacial score (nSPS) is 10.4. The lowest BCUT2D eigenvalue weighted by Crippen LogP contribution is -2.15. The maximum absolute atomic E-state index is 13.5. The fourth-order valence-corrected chi connectivity index (χ4v) is 2.20. The van der Waals surface area contributed by atoms with E-state index in [9.17, 15) is 9.18 Å². The van der Waals surface area contributed by atoms with Gasteiger partial charge in [-0.3, -0.25) is 4.79 Å². The van der Waals surface area contributed by atoms with Crippen LogP contribution in [0.5, 0.6) is 0 Å². The van der Waals surface area contributed by atoms with Gasteiger partial charge in [-0.1, -0.05) is 30.3 Å². The number of hydrogen-bond donors (Lipinski definition) is 2. The van der Waals surface area contributed by atoms with Crippen molar-refractivity contribution in [2.24, 2.45) is 0 Å². The summed E-state index contributed by atoms with van der Waals surface area (Å²) in [5.41, 5.74) is 2.82. The Morgan fingerprint density at radius 1 is 1.18 bits per heavy atom. The molecule has 0 fully saturated rings. The first-order valence-corrected chi connectivity index (χ1v) is 6.84. The zero-order chi connectivity index (χ0) is 15.4. The van der Waals surface area contributed by atoms with Crippen LogP contribution < -0.4 is 5.32 Å². The van der Waals surface area contributed by atoms with E-state index < -0.39 is 0 Å². The number of amides is 1. The maximum Gasteiger partial charge on any atom is 0.228 e. The van der Waals surface area contributed by atoms with Crippen LogP contribution in [0.2, 0.25) is 0 Å². The van der Waals surface area contributed by atoms with Crippen LogP contribution in [0.1, 0.15) is 5.56 Å². The van der Waals surface area contributed by atoms with E-state index in [1.54, 1.807) is 36.8 Å². The number of rotatable bonds is 4. The fourth-order valence-electron chi connectivity index (χ4n) is 2.20. The highest BCUT2D eigenvalue weighted by Gasteiger charge is 2.08. The van der Waals surface area contributed by atoms with Gasteiger partial charge >= 0.3 is 0 Å². The van der Waals surface area contributed by atoms with Crippen molar-refractivity contribution >= 4 is 11.6 Å². The zero-order valence-corrected chi connectivity index (χ0v) is 11.7. The Hall–Kier alpha value is -2.95. The van der Waals surface area contributed by atoms with Crippen molar-refractivity contribution in [3.05, 3.63) is 72.4 Å². The van der Waals surface area contributed by atoms with Gasteiger partial charge in [0.1, 0.15) is 5.82 Å². The summed E-state index contributed by atoms with van der Waals surface area (Å²) in [6.07, 6.45) is 3.31. The average Bonchev–Trinajstić information content (AvgIpc) is 3.04. The molecule has 0 saturated heterocycles. The standard InChI is InChI=1S/C17H14FN3O/c18-15-7-2-1-4-12(15)9-17(22)21-14-6-3-5-13(8-14)16-10-19-11-20-16/h1-8,10-11H,9H2,(H,19,20)(H,21,22). The lowest BCUT2D eigenvalue weighted by molar-refractivity contribution is -0.115. The molecule has 22 heavy (non-hydrogen) atoms. The highest BCUT2D eigenvalue weighted by atomic mass is 19.1. The molecule has 110 valence electrons. The second kappa shape index (κ2) is 6.22. The van der Waals surface area contributed by atoms with Crippen LogP contribution in [0.4, 0.5) is 10.1 Å². The van der Waals surface area contributed by atoms with Crippen molar-refractivity contribution in [1.82, 2.24) is 9.97 Å². The fraction of sp³-hybridized carbons (Fsp3) is 0.0588. The lowest BCUT2D eigenvalue weighted by Gasteiger charge is -2.07. The van der Waals surface area contributed by atoms with Crippen molar-refractivity contribution in [3.8, 4) is 11.3 Å². The monoisotopic (exact) mass is 295 g/mol. The number of hydrogen-bond acceptors (Lipinski definition) is 2. The van der Waals surface area contributed by atoms with Gasteiger partial charge < -0.3 is 10.3 Å². The van der Waals surface area contributed by atoms with Crippen LogP contribution in [0.25, 0.3) is 11.3 Å². The molecule has 3 aromatic rings. The summed E-state index contributed by atoms with van der Waals surface area (Å²) in [5.74, 6) is -0.629. The summed E-state index contributed by atoms with van der Waals surface area (Å²) in [7, 11) is 0. The van der Waals surface area contributed by atoms with E-state index in [-0.39, 0.29) is 18.1 Å². The van der Waals surface area contributed by atoms with E-state index in [1.165, 1.54) is 6.07 Å². The number of anilines is 1. The lowest BCUT2D eigenvalue weighted by atomic mass is 10.1. The Morgan fingerprint density at radius 3 is 2.82 bits per heavy atom. The predicted molar refractivity (Wildman–Crippen MR) is 82.8 cm³/mol. The highest BCUT2D eigenvalue weighted by Crippen LogP contribution is 2.20. The smallest absolute Gasteiger partial charge is 0.228 e.